The van der Waals surface area contributed by atoms with Crippen molar-refractivity contribution in [2.24, 2.45) is 5.92 Å². The number of ether oxygens (including phenoxy) is 2. The van der Waals surface area contributed by atoms with Crippen LogP contribution in [0.3, 0.4) is 0 Å². The molecule has 3 heterocycles. The first-order valence-electron chi connectivity index (χ1n) is 11.9. The summed E-state index contributed by atoms with van der Waals surface area (Å²) in [7, 11) is 0. The predicted molar refractivity (Wildman–Crippen MR) is 120 cm³/mol. The number of hydrazine groups is 1. The summed E-state index contributed by atoms with van der Waals surface area (Å²) in [5, 5.41) is 0.552. The second-order valence-corrected chi connectivity index (χ2v) is 9.58. The summed E-state index contributed by atoms with van der Waals surface area (Å²) in [6, 6.07) is 4.91. The average Bonchev–Trinajstić information content (AvgIpc) is 3.22. The monoisotopic (exact) mass is 618 g/mol. The summed E-state index contributed by atoms with van der Waals surface area (Å²) < 4.78 is 118. The van der Waals surface area contributed by atoms with Gasteiger partial charge in [0.15, 0.2) is 5.78 Å². The number of alkyl halides is 6. The number of halogens is 8. The molecule has 2 aromatic carbocycles. The van der Waals surface area contributed by atoms with Gasteiger partial charge >= 0.3 is 24.3 Å². The van der Waals surface area contributed by atoms with Gasteiger partial charge in [-0.2, -0.15) is 26.3 Å². The Bertz CT molecular complexity index is 1590. The minimum atomic E-state index is -5.74. The fourth-order valence-corrected chi connectivity index (χ4v) is 5.43. The molecule has 3 aliphatic heterocycles. The van der Waals surface area contributed by atoms with Crippen molar-refractivity contribution in [3.63, 3.8) is 0 Å². The van der Waals surface area contributed by atoms with Gasteiger partial charge in [-0.15, -0.1) is 0 Å². The third-order valence-electron chi connectivity index (χ3n) is 7.11. The van der Waals surface area contributed by atoms with Gasteiger partial charge in [0.05, 0.1) is 0 Å². The first-order valence-corrected chi connectivity index (χ1v) is 11.9. The Hall–Kier alpha value is -4.83. The Labute approximate surface area is 234 Å². The van der Waals surface area contributed by atoms with Crippen molar-refractivity contribution >= 4 is 29.4 Å². The number of Topliss-reactive ketones (excluding diaryl/α,β-unsaturated/α-hetero) is 1. The number of ketones is 2. The number of hydrogen-bond acceptors (Lipinski definition) is 8. The van der Waals surface area contributed by atoms with Crippen LogP contribution in [-0.4, -0.2) is 63.5 Å². The number of carbonyl (C=O) groups is 5. The summed E-state index contributed by atoms with van der Waals surface area (Å²) in [4.78, 5) is 65.3. The number of benzene rings is 2. The zero-order chi connectivity index (χ0) is 31.7. The Balaban J connectivity index is 1.72. The minimum absolute atomic E-state index is 0.214. The highest BCUT2D eigenvalue weighted by molar-refractivity contribution is 6.21. The van der Waals surface area contributed by atoms with E-state index in [2.05, 4.69) is 4.74 Å². The van der Waals surface area contributed by atoms with Gasteiger partial charge in [-0.05, 0) is 29.8 Å². The third-order valence-corrected chi connectivity index (χ3v) is 7.11. The number of nitrogens with zero attached hydrogens (tertiary/aromatic N) is 2. The SMILES string of the molecule is O=C1C=CN2N3C(=O)C(OC(=O)C(F)(F)F)(c4ccccc4)C(=O)C3C1C2(Cc1cc(F)ccc1F)OC(=O)C(F)(F)F. The van der Waals surface area contributed by atoms with Gasteiger partial charge in [0.1, 0.15) is 23.6 Å². The van der Waals surface area contributed by atoms with Crippen LogP contribution < -0.4 is 0 Å². The topological polar surface area (TPSA) is 110 Å². The fourth-order valence-electron chi connectivity index (χ4n) is 5.43. The Kier molecular flexibility index (Phi) is 6.62. The van der Waals surface area contributed by atoms with E-state index < -0.39 is 94.2 Å². The van der Waals surface area contributed by atoms with Crippen molar-refractivity contribution in [1.82, 2.24) is 10.0 Å². The second-order valence-electron chi connectivity index (χ2n) is 9.58. The number of rotatable bonds is 5. The van der Waals surface area contributed by atoms with Crippen LogP contribution in [0.1, 0.15) is 11.1 Å². The van der Waals surface area contributed by atoms with Crippen molar-refractivity contribution in [3.8, 4) is 0 Å². The maximum absolute atomic E-state index is 14.7. The zero-order valence-corrected chi connectivity index (χ0v) is 20.9. The van der Waals surface area contributed by atoms with Crippen LogP contribution >= 0.6 is 0 Å². The molecule has 0 spiro atoms. The van der Waals surface area contributed by atoms with Crippen molar-refractivity contribution in [2.45, 2.75) is 36.1 Å². The molecule has 2 bridgehead atoms. The number of fused-ring (bicyclic) bond motifs is 5. The van der Waals surface area contributed by atoms with Crippen LogP contribution in [0.4, 0.5) is 35.1 Å². The van der Waals surface area contributed by atoms with Crippen LogP contribution in [0.5, 0.6) is 0 Å². The predicted octanol–water partition coefficient (Wildman–Crippen LogP) is 3.03. The van der Waals surface area contributed by atoms with Crippen LogP contribution in [0.15, 0.2) is 60.8 Å². The number of amides is 1. The summed E-state index contributed by atoms with van der Waals surface area (Å²) in [5.41, 5.74) is -7.83. The lowest BCUT2D eigenvalue weighted by atomic mass is 9.77. The molecule has 2 fully saturated rings. The normalized spacial score (nSPS) is 26.6. The lowest BCUT2D eigenvalue weighted by molar-refractivity contribution is -0.241. The fraction of sp³-hybridized carbons (Fsp3) is 0.269. The molecule has 226 valence electrons. The summed E-state index contributed by atoms with van der Waals surface area (Å²) in [5.74, 6) is -15.4. The molecule has 0 saturated carbocycles. The maximum Gasteiger partial charge on any atom is 0.491 e. The summed E-state index contributed by atoms with van der Waals surface area (Å²) in [6.45, 7) is 0. The van der Waals surface area contributed by atoms with Gasteiger partial charge in [0, 0.05) is 18.2 Å². The maximum atomic E-state index is 14.7. The summed E-state index contributed by atoms with van der Waals surface area (Å²) in [6.07, 6.45) is -11.5. The lowest BCUT2D eigenvalue weighted by Gasteiger charge is -2.44. The largest absolute Gasteiger partial charge is 0.491 e. The highest BCUT2D eigenvalue weighted by atomic mass is 19.4. The number of hydrogen-bond donors (Lipinski definition) is 0. The molecular weight excluding hydrogens is 604 g/mol. The lowest BCUT2D eigenvalue weighted by Crippen LogP contribution is -2.61. The van der Waals surface area contributed by atoms with Crippen LogP contribution in [0.2, 0.25) is 0 Å². The standard InChI is InChI=1S/C26H14F8N2O7/c27-14-6-7-15(28)12(10-14)11-23(42-21(40)25(29,30)31)17-16(37)8-9-35(23)36-18(17)19(38)24(20(36)39,13-4-2-1-3-5-13)43-22(41)26(32,33)34/h1-10,17-18H,11H2. The van der Waals surface area contributed by atoms with Gasteiger partial charge in [-0.1, -0.05) is 30.3 Å². The van der Waals surface area contributed by atoms with Crippen LogP contribution in [0.25, 0.3) is 0 Å². The van der Waals surface area contributed by atoms with Crippen molar-refractivity contribution < 1.29 is 68.6 Å². The van der Waals surface area contributed by atoms with E-state index in [4.69, 9.17) is 4.74 Å². The van der Waals surface area contributed by atoms with Gasteiger partial charge in [-0.25, -0.2) is 28.4 Å². The van der Waals surface area contributed by atoms with E-state index >= 15 is 0 Å². The number of carbonyl (C=O) groups excluding carboxylic acids is 5. The van der Waals surface area contributed by atoms with Gasteiger partial charge in [0.2, 0.25) is 11.5 Å². The first-order chi connectivity index (χ1) is 19.9. The van der Waals surface area contributed by atoms with Crippen LogP contribution in [0, 0.1) is 17.6 Å². The molecule has 17 heteroatoms. The van der Waals surface area contributed by atoms with Crippen LogP contribution in [-0.2, 0) is 45.5 Å². The Morgan fingerprint density at radius 3 is 2.07 bits per heavy atom. The third kappa shape index (κ3) is 4.40. The molecule has 4 atom stereocenters. The van der Waals surface area contributed by atoms with E-state index in [-0.39, 0.29) is 5.01 Å². The van der Waals surface area contributed by atoms with E-state index in [1.54, 1.807) is 0 Å². The zero-order valence-electron chi connectivity index (χ0n) is 20.9. The van der Waals surface area contributed by atoms with Crippen molar-refractivity contribution in [2.75, 3.05) is 0 Å². The molecule has 1 amide bonds. The molecule has 2 aromatic rings. The van der Waals surface area contributed by atoms with Gasteiger partial charge in [0.25, 0.3) is 11.5 Å². The van der Waals surface area contributed by atoms with E-state index in [1.807, 2.05) is 0 Å². The molecule has 0 N–H and O–H groups in total. The Morgan fingerprint density at radius 1 is 0.860 bits per heavy atom. The molecule has 43 heavy (non-hydrogen) atoms. The quantitative estimate of drug-likeness (QED) is 0.286. The first kappa shape index (κ1) is 29.7. The molecule has 0 aromatic heterocycles. The van der Waals surface area contributed by atoms with E-state index in [0.717, 1.165) is 24.3 Å². The van der Waals surface area contributed by atoms with Gasteiger partial charge in [-0.3, -0.25) is 14.4 Å². The van der Waals surface area contributed by atoms with Gasteiger partial charge < -0.3 is 9.47 Å². The second kappa shape index (κ2) is 9.60. The van der Waals surface area contributed by atoms with Crippen molar-refractivity contribution in [3.05, 3.63) is 83.6 Å². The van der Waals surface area contributed by atoms with Crippen molar-refractivity contribution in [1.29, 1.82) is 0 Å². The minimum Gasteiger partial charge on any atom is -0.429 e. The molecule has 0 radical (unpaired) electrons. The number of esters is 2. The molecule has 0 aliphatic carbocycles. The molecule has 3 aliphatic rings. The smallest absolute Gasteiger partial charge is 0.429 e. The molecule has 2 saturated heterocycles. The molecule has 4 unspecified atom stereocenters. The Morgan fingerprint density at radius 2 is 1.47 bits per heavy atom. The number of allylic oxidation sites excluding steroid dienone is 1. The molecule has 9 nitrogen and oxygen atoms in total. The van der Waals surface area contributed by atoms with E-state index in [1.165, 1.54) is 6.07 Å². The van der Waals surface area contributed by atoms with E-state index in [0.29, 0.717) is 35.5 Å². The summed E-state index contributed by atoms with van der Waals surface area (Å²) >= 11 is 0. The molecular formula is C26H14F8N2O7. The highest BCUT2D eigenvalue weighted by Crippen LogP contribution is 2.54. The highest BCUT2D eigenvalue weighted by Gasteiger charge is 2.78. The average molecular weight is 618 g/mol. The molecule has 5 rings (SSSR count). The van der Waals surface area contributed by atoms with E-state index in [9.17, 15) is 59.1 Å².